The van der Waals surface area contributed by atoms with E-state index in [0.717, 1.165) is 0 Å². The maximum absolute atomic E-state index is 10.3. The molecule has 3 nitrogen and oxygen atoms in total. The Labute approximate surface area is 52.3 Å². The van der Waals surface area contributed by atoms with Crippen molar-refractivity contribution in [2.75, 3.05) is 6.61 Å². The minimum atomic E-state index is -0.437. The van der Waals surface area contributed by atoms with Gasteiger partial charge in [0, 0.05) is 0 Å². The highest BCUT2D eigenvalue weighted by molar-refractivity contribution is 5.72. The molecule has 1 fully saturated rings. The molecule has 3 heteroatoms. The number of cyclic esters (lactones) is 1. The third-order valence-corrected chi connectivity index (χ3v) is 0.840. The van der Waals surface area contributed by atoms with E-state index >= 15 is 0 Å². The molecular formula is C6H5NO2. The maximum atomic E-state index is 10.3. The van der Waals surface area contributed by atoms with E-state index in [0.29, 0.717) is 5.70 Å². The van der Waals surface area contributed by atoms with Crippen molar-refractivity contribution in [2.24, 2.45) is 0 Å². The molecule has 0 saturated carbocycles. The second-order valence-electron chi connectivity index (χ2n) is 1.48. The maximum Gasteiger partial charge on any atom is 0.412 e. The Morgan fingerprint density at radius 1 is 1.78 bits per heavy atom. The van der Waals surface area contributed by atoms with E-state index < -0.39 is 6.09 Å². The summed E-state index contributed by atoms with van der Waals surface area (Å²) in [5.41, 5.74) is 5.55. The number of nitrogens with one attached hydrogen (secondary N) is 1. The molecule has 46 valence electrons. The van der Waals surface area contributed by atoms with Crippen LogP contribution in [0.1, 0.15) is 0 Å². The van der Waals surface area contributed by atoms with Gasteiger partial charge in [0.25, 0.3) is 0 Å². The zero-order valence-corrected chi connectivity index (χ0v) is 4.73. The molecule has 9 heavy (non-hydrogen) atoms. The molecule has 0 aromatic rings. The predicted molar refractivity (Wildman–Crippen MR) is 30.6 cm³/mol. The van der Waals surface area contributed by atoms with Gasteiger partial charge in [-0.25, -0.2) is 4.79 Å². The number of rotatable bonds is 0. The highest BCUT2D eigenvalue weighted by atomic mass is 16.6. The second kappa shape index (κ2) is 2.23. The third kappa shape index (κ3) is 1.23. The van der Waals surface area contributed by atoms with Crippen molar-refractivity contribution in [3.05, 3.63) is 23.7 Å². The zero-order valence-electron chi connectivity index (χ0n) is 4.73. The van der Waals surface area contributed by atoms with Gasteiger partial charge in [0.15, 0.2) is 0 Å². The summed E-state index contributed by atoms with van der Waals surface area (Å²) in [5.74, 6) is 0. The van der Waals surface area contributed by atoms with Gasteiger partial charge in [0.2, 0.25) is 0 Å². The molecule has 0 spiro atoms. The van der Waals surface area contributed by atoms with Gasteiger partial charge in [-0.2, -0.15) is 0 Å². The summed E-state index contributed by atoms with van der Waals surface area (Å²) < 4.78 is 4.50. The number of hydrogen-bond donors (Lipinski definition) is 1. The molecule has 1 N–H and O–H groups in total. The van der Waals surface area contributed by atoms with Gasteiger partial charge < -0.3 is 4.74 Å². The number of ether oxygens (including phenoxy) is 1. The number of alkyl carbamates (subject to hydrolysis) is 1. The first-order valence-electron chi connectivity index (χ1n) is 2.40. The molecular weight excluding hydrogens is 118 g/mol. The van der Waals surface area contributed by atoms with Crippen molar-refractivity contribution in [1.82, 2.24) is 5.32 Å². The average Bonchev–Trinajstić information content (AvgIpc) is 2.17. The summed E-state index contributed by atoms with van der Waals surface area (Å²) in [5, 5.41) is 2.40. The van der Waals surface area contributed by atoms with Crippen molar-refractivity contribution < 1.29 is 9.53 Å². The van der Waals surface area contributed by atoms with Crippen LogP contribution in [0.15, 0.2) is 23.7 Å². The van der Waals surface area contributed by atoms with Gasteiger partial charge in [0.1, 0.15) is 12.3 Å². The fourth-order valence-electron chi connectivity index (χ4n) is 0.507. The molecule has 0 aromatic carbocycles. The van der Waals surface area contributed by atoms with Crippen LogP contribution < -0.4 is 5.32 Å². The van der Waals surface area contributed by atoms with Crippen molar-refractivity contribution in [3.63, 3.8) is 0 Å². The second-order valence-corrected chi connectivity index (χ2v) is 1.48. The van der Waals surface area contributed by atoms with Gasteiger partial charge in [-0.1, -0.05) is 5.73 Å². The Balaban J connectivity index is 2.80. The van der Waals surface area contributed by atoms with Crippen LogP contribution in [-0.2, 0) is 4.74 Å². The summed E-state index contributed by atoms with van der Waals surface area (Å²) in [4.78, 5) is 10.3. The Hall–Kier alpha value is -1.43. The summed E-state index contributed by atoms with van der Waals surface area (Å²) in [6.45, 7) is 3.54. The largest absolute Gasteiger partial charge is 0.442 e. The molecule has 1 aliphatic rings. The van der Waals surface area contributed by atoms with E-state index in [-0.39, 0.29) is 6.61 Å². The van der Waals surface area contributed by atoms with E-state index in [1.807, 2.05) is 0 Å². The molecule has 0 unspecified atom stereocenters. The number of carbonyl (C=O) groups is 1. The molecule has 0 aliphatic carbocycles. The first-order chi connectivity index (χ1) is 4.33. The van der Waals surface area contributed by atoms with Gasteiger partial charge in [-0.15, -0.1) is 0 Å². The molecule has 1 aliphatic heterocycles. The topological polar surface area (TPSA) is 38.3 Å². The Bertz CT molecular complexity index is 219. The van der Waals surface area contributed by atoms with Crippen LogP contribution in [-0.4, -0.2) is 12.7 Å². The number of carbonyl (C=O) groups excluding carboxylic acids is 1. The number of amides is 1. The van der Waals surface area contributed by atoms with Crippen LogP contribution in [0.4, 0.5) is 4.79 Å². The van der Waals surface area contributed by atoms with Crippen LogP contribution in [0.2, 0.25) is 0 Å². The van der Waals surface area contributed by atoms with E-state index in [1.165, 1.54) is 0 Å². The van der Waals surface area contributed by atoms with Crippen LogP contribution in [0.3, 0.4) is 0 Å². The summed E-state index contributed by atoms with van der Waals surface area (Å²) in [6, 6.07) is 0. The van der Waals surface area contributed by atoms with Crippen LogP contribution in [0, 0.1) is 0 Å². The smallest absolute Gasteiger partial charge is 0.412 e. The first-order valence-corrected chi connectivity index (χ1v) is 2.40. The molecule has 0 bridgehead atoms. The minimum Gasteiger partial charge on any atom is -0.442 e. The van der Waals surface area contributed by atoms with Gasteiger partial charge >= 0.3 is 6.09 Å². The van der Waals surface area contributed by atoms with Crippen molar-refractivity contribution >= 4 is 6.09 Å². The van der Waals surface area contributed by atoms with Crippen molar-refractivity contribution in [1.29, 1.82) is 0 Å². The minimum absolute atomic E-state index is 0.251. The van der Waals surface area contributed by atoms with Crippen LogP contribution in [0.25, 0.3) is 0 Å². The lowest BCUT2D eigenvalue weighted by Gasteiger charge is -1.80. The lowest BCUT2D eigenvalue weighted by atomic mass is 10.5. The van der Waals surface area contributed by atoms with E-state index in [1.54, 1.807) is 0 Å². The Kier molecular flexibility index (Phi) is 1.41. The lowest BCUT2D eigenvalue weighted by Crippen LogP contribution is -2.10. The van der Waals surface area contributed by atoms with Crippen LogP contribution in [0.5, 0.6) is 0 Å². The Morgan fingerprint density at radius 2 is 2.56 bits per heavy atom. The fourth-order valence-corrected chi connectivity index (χ4v) is 0.507. The van der Waals surface area contributed by atoms with Crippen molar-refractivity contribution in [3.8, 4) is 0 Å². The highest BCUT2D eigenvalue weighted by Crippen LogP contribution is 1.97. The number of hydrogen-bond acceptors (Lipinski definition) is 2. The summed E-state index contributed by atoms with van der Waals surface area (Å²) >= 11 is 0. The summed E-state index contributed by atoms with van der Waals surface area (Å²) in [6.07, 6.45) is -0.437. The SMILES string of the molecule is C=C=C=C1COC(=O)N1. The van der Waals surface area contributed by atoms with Gasteiger partial charge in [-0.05, 0) is 12.3 Å². The fraction of sp³-hybridized carbons (Fsp3) is 0.167. The summed E-state index contributed by atoms with van der Waals surface area (Å²) in [7, 11) is 0. The molecule has 0 atom stereocenters. The Morgan fingerprint density at radius 3 is 3.00 bits per heavy atom. The zero-order chi connectivity index (χ0) is 6.69. The normalized spacial score (nSPS) is 15.6. The lowest BCUT2D eigenvalue weighted by molar-refractivity contribution is 0.179. The van der Waals surface area contributed by atoms with Gasteiger partial charge in [0.05, 0.1) is 0 Å². The van der Waals surface area contributed by atoms with E-state index in [4.69, 9.17) is 0 Å². The molecule has 0 radical (unpaired) electrons. The standard InChI is InChI=1S/C6H5NO2/c1-2-3-5-4-9-6(8)7-5/h1,4H2,(H,7,8). The quantitative estimate of drug-likeness (QED) is 0.478. The highest BCUT2D eigenvalue weighted by Gasteiger charge is 2.13. The third-order valence-electron chi connectivity index (χ3n) is 0.840. The van der Waals surface area contributed by atoms with Crippen molar-refractivity contribution in [2.45, 2.75) is 0 Å². The van der Waals surface area contributed by atoms with E-state index in [2.05, 4.69) is 28.1 Å². The van der Waals surface area contributed by atoms with Gasteiger partial charge in [-0.3, -0.25) is 5.32 Å². The van der Waals surface area contributed by atoms with E-state index in [9.17, 15) is 4.79 Å². The monoisotopic (exact) mass is 123 g/mol. The molecule has 1 rings (SSSR count). The predicted octanol–water partition coefficient (Wildman–Crippen LogP) is 0.550. The first kappa shape index (κ1) is 5.70. The molecule has 0 aromatic heterocycles. The molecule has 1 saturated heterocycles. The average molecular weight is 123 g/mol. The van der Waals surface area contributed by atoms with Crippen LogP contribution >= 0.6 is 0 Å². The molecule has 1 amide bonds. The molecule has 1 heterocycles.